The van der Waals surface area contributed by atoms with Crippen molar-refractivity contribution in [2.24, 2.45) is 11.3 Å². The number of alkyl halides is 6. The summed E-state index contributed by atoms with van der Waals surface area (Å²) < 4.78 is 91.6. The van der Waals surface area contributed by atoms with Gasteiger partial charge in [-0.25, -0.2) is 0 Å². The summed E-state index contributed by atoms with van der Waals surface area (Å²) in [6.07, 6.45) is -12.9. The van der Waals surface area contributed by atoms with Gasteiger partial charge in [-0.3, -0.25) is 9.59 Å². The molecule has 0 aliphatic heterocycles. The summed E-state index contributed by atoms with van der Waals surface area (Å²) in [5.41, 5.74) is -8.27. The molecule has 0 heterocycles. The van der Waals surface area contributed by atoms with E-state index in [0.717, 1.165) is 17.4 Å². The Hall–Kier alpha value is -2.72. The Bertz CT molecular complexity index is 950. The van der Waals surface area contributed by atoms with Gasteiger partial charge in [0.05, 0.1) is 12.7 Å². The monoisotopic (exact) mass is 494 g/mol. The van der Waals surface area contributed by atoms with Crippen molar-refractivity contribution in [2.75, 3.05) is 13.7 Å². The first-order chi connectivity index (χ1) is 15.4. The molecule has 0 aromatic heterocycles. The number of carbonyl (C=O) groups is 2. The maximum atomic E-state index is 14.4. The minimum Gasteiger partial charge on any atom is -0.497 e. The fourth-order valence-corrected chi connectivity index (χ4v) is 3.89. The van der Waals surface area contributed by atoms with Crippen molar-refractivity contribution in [1.82, 2.24) is 10.6 Å². The zero-order valence-corrected chi connectivity index (χ0v) is 19.5. The van der Waals surface area contributed by atoms with Crippen LogP contribution in [-0.4, -0.2) is 43.2 Å². The molecule has 0 atom stereocenters. The van der Waals surface area contributed by atoms with E-state index in [-0.39, 0.29) is 24.6 Å². The SMILES string of the molecule is COc1cccc(C(=O)NC(C2=C(NCC(C)C)CC(C)(C)CC2=O)(C(F)(F)F)C(F)(F)F)c1. The van der Waals surface area contributed by atoms with E-state index in [9.17, 15) is 35.9 Å². The number of Topliss-reactive ketones (excluding diaryl/α,β-unsaturated/α-hetero) is 1. The van der Waals surface area contributed by atoms with Crippen molar-refractivity contribution in [3.63, 3.8) is 0 Å². The molecular weight excluding hydrogens is 466 g/mol. The van der Waals surface area contributed by atoms with Gasteiger partial charge in [0.15, 0.2) is 5.78 Å². The number of halogens is 6. The number of amides is 1. The quantitative estimate of drug-likeness (QED) is 0.513. The zero-order valence-electron chi connectivity index (χ0n) is 19.5. The van der Waals surface area contributed by atoms with Gasteiger partial charge in [0.2, 0.25) is 0 Å². The van der Waals surface area contributed by atoms with Crippen molar-refractivity contribution >= 4 is 11.7 Å². The Morgan fingerprint density at radius 2 is 1.68 bits per heavy atom. The predicted octanol–water partition coefficient (Wildman–Crippen LogP) is 5.18. The van der Waals surface area contributed by atoms with Gasteiger partial charge >= 0.3 is 12.4 Å². The molecule has 1 aromatic carbocycles. The van der Waals surface area contributed by atoms with Gasteiger partial charge in [0.1, 0.15) is 5.75 Å². The van der Waals surface area contributed by atoms with Gasteiger partial charge in [0, 0.05) is 24.2 Å². The number of carbonyl (C=O) groups excluding carboxylic acids is 2. The highest BCUT2D eigenvalue weighted by atomic mass is 19.4. The topological polar surface area (TPSA) is 67.4 Å². The van der Waals surface area contributed by atoms with E-state index in [0.29, 0.717) is 0 Å². The zero-order chi connectivity index (χ0) is 26.1. The van der Waals surface area contributed by atoms with E-state index in [1.54, 1.807) is 27.7 Å². The van der Waals surface area contributed by atoms with E-state index in [4.69, 9.17) is 4.74 Å². The molecule has 0 spiro atoms. The van der Waals surface area contributed by atoms with Crippen LogP contribution >= 0.6 is 0 Å². The second kappa shape index (κ2) is 9.50. The molecule has 34 heavy (non-hydrogen) atoms. The van der Waals surface area contributed by atoms with Crippen molar-refractivity contribution in [3.8, 4) is 5.75 Å². The molecule has 0 fully saturated rings. The number of ketones is 1. The molecule has 1 aliphatic rings. The molecule has 1 aliphatic carbocycles. The number of ether oxygens (including phenoxy) is 1. The minimum absolute atomic E-state index is 0.0395. The fraction of sp³-hybridized carbons (Fsp3) is 0.565. The minimum atomic E-state index is -6.07. The number of hydrogen-bond donors (Lipinski definition) is 2. The normalized spacial score (nSPS) is 17.1. The van der Waals surface area contributed by atoms with Gasteiger partial charge in [0.25, 0.3) is 11.4 Å². The van der Waals surface area contributed by atoms with E-state index in [1.807, 2.05) is 0 Å². The van der Waals surface area contributed by atoms with Crippen molar-refractivity contribution < 1.29 is 40.7 Å². The van der Waals surface area contributed by atoms with Crippen LogP contribution in [0, 0.1) is 11.3 Å². The highest BCUT2D eigenvalue weighted by molar-refractivity contribution is 6.02. The number of methoxy groups -OCH3 is 1. The van der Waals surface area contributed by atoms with Crippen molar-refractivity contribution in [1.29, 1.82) is 0 Å². The lowest BCUT2D eigenvalue weighted by atomic mass is 9.70. The fourth-order valence-electron chi connectivity index (χ4n) is 3.89. The molecule has 1 amide bonds. The average molecular weight is 494 g/mol. The van der Waals surface area contributed by atoms with E-state index in [1.165, 1.54) is 19.2 Å². The third-order valence-corrected chi connectivity index (χ3v) is 5.46. The molecule has 0 saturated heterocycles. The predicted molar refractivity (Wildman–Crippen MR) is 113 cm³/mol. The molecule has 11 heteroatoms. The molecule has 0 unspecified atom stereocenters. The third kappa shape index (κ3) is 5.50. The lowest BCUT2D eigenvalue weighted by Crippen LogP contribution is -2.70. The van der Waals surface area contributed by atoms with Gasteiger partial charge in [-0.05, 0) is 36.0 Å². The molecule has 2 rings (SSSR count). The Morgan fingerprint density at radius 1 is 1.09 bits per heavy atom. The summed E-state index contributed by atoms with van der Waals surface area (Å²) in [4.78, 5) is 25.7. The highest BCUT2D eigenvalue weighted by Gasteiger charge is 2.75. The summed E-state index contributed by atoms with van der Waals surface area (Å²) in [5.74, 6) is -3.05. The molecule has 0 radical (unpaired) electrons. The summed E-state index contributed by atoms with van der Waals surface area (Å²) in [6.45, 7) is 6.63. The lowest BCUT2D eigenvalue weighted by molar-refractivity contribution is -0.290. The maximum Gasteiger partial charge on any atom is 0.425 e. The Morgan fingerprint density at radius 3 is 2.18 bits per heavy atom. The number of rotatable bonds is 7. The third-order valence-electron chi connectivity index (χ3n) is 5.46. The summed E-state index contributed by atoms with van der Waals surface area (Å²) in [7, 11) is 1.23. The maximum absolute atomic E-state index is 14.4. The Labute approximate surface area is 193 Å². The number of hydrogen-bond acceptors (Lipinski definition) is 4. The lowest BCUT2D eigenvalue weighted by Gasteiger charge is -2.44. The average Bonchev–Trinajstić information content (AvgIpc) is 2.68. The van der Waals surface area contributed by atoms with E-state index in [2.05, 4.69) is 5.32 Å². The number of benzene rings is 1. The van der Waals surface area contributed by atoms with E-state index >= 15 is 0 Å². The van der Waals surface area contributed by atoms with Crippen LogP contribution in [0.25, 0.3) is 0 Å². The van der Waals surface area contributed by atoms with E-state index < -0.39 is 58.3 Å². The summed E-state index contributed by atoms with van der Waals surface area (Å²) in [5, 5.41) is 3.79. The van der Waals surface area contributed by atoms with Gasteiger partial charge in [-0.2, -0.15) is 26.3 Å². The smallest absolute Gasteiger partial charge is 0.425 e. The molecule has 1 aromatic rings. The van der Waals surface area contributed by atoms with Crippen LogP contribution in [0.15, 0.2) is 35.5 Å². The first-order valence-corrected chi connectivity index (χ1v) is 10.6. The number of allylic oxidation sites excluding steroid dienone is 1. The summed E-state index contributed by atoms with van der Waals surface area (Å²) >= 11 is 0. The molecule has 190 valence electrons. The Kier molecular flexibility index (Phi) is 7.69. The molecule has 0 bridgehead atoms. The van der Waals surface area contributed by atoms with Crippen LogP contribution in [0.3, 0.4) is 0 Å². The van der Waals surface area contributed by atoms with Crippen LogP contribution < -0.4 is 15.4 Å². The van der Waals surface area contributed by atoms with Crippen LogP contribution in [-0.2, 0) is 4.79 Å². The molecule has 5 nitrogen and oxygen atoms in total. The van der Waals surface area contributed by atoms with Gasteiger partial charge in [-0.1, -0.05) is 33.8 Å². The van der Waals surface area contributed by atoms with Crippen LogP contribution in [0.2, 0.25) is 0 Å². The standard InChI is InChI=1S/C23H28F6N2O3/c1-13(2)12-30-16-10-20(3,4)11-17(32)18(16)21(22(24,25)26,23(27,28)29)31-19(33)14-7-6-8-15(9-14)34-5/h6-9,13,30H,10-12H2,1-5H3,(H,31,33). The number of nitrogens with one attached hydrogen (secondary N) is 2. The van der Waals surface area contributed by atoms with Gasteiger partial charge < -0.3 is 15.4 Å². The molecule has 0 saturated carbocycles. The van der Waals surface area contributed by atoms with Gasteiger partial charge in [-0.15, -0.1) is 0 Å². The largest absolute Gasteiger partial charge is 0.497 e. The second-order valence-corrected chi connectivity index (χ2v) is 9.50. The van der Waals surface area contributed by atoms with Crippen molar-refractivity contribution in [2.45, 2.75) is 58.4 Å². The molecular formula is C23H28F6N2O3. The molecule has 2 N–H and O–H groups in total. The first-order valence-electron chi connectivity index (χ1n) is 10.6. The first kappa shape index (κ1) is 27.5. The van der Waals surface area contributed by atoms with Crippen LogP contribution in [0.5, 0.6) is 5.75 Å². The summed E-state index contributed by atoms with van der Waals surface area (Å²) in [6, 6.07) is 4.68. The van der Waals surface area contributed by atoms with Crippen molar-refractivity contribution in [3.05, 3.63) is 41.1 Å². The second-order valence-electron chi connectivity index (χ2n) is 9.50. The van der Waals surface area contributed by atoms with Crippen LogP contribution in [0.4, 0.5) is 26.3 Å². The van der Waals surface area contributed by atoms with Crippen LogP contribution in [0.1, 0.15) is 50.9 Å². The Balaban J connectivity index is 2.80. The highest BCUT2D eigenvalue weighted by Crippen LogP contribution is 2.52.